The van der Waals surface area contributed by atoms with Gasteiger partial charge in [-0.15, -0.1) is 11.3 Å². The van der Waals surface area contributed by atoms with Gasteiger partial charge in [-0.2, -0.15) is 0 Å². The summed E-state index contributed by atoms with van der Waals surface area (Å²) < 4.78 is 13.3. The van der Waals surface area contributed by atoms with Crippen molar-refractivity contribution in [1.29, 1.82) is 0 Å². The molecule has 0 saturated heterocycles. The maximum Gasteiger partial charge on any atom is 0.254 e. The monoisotopic (exact) mass is 459 g/mol. The zero-order valence-corrected chi connectivity index (χ0v) is 18.8. The van der Waals surface area contributed by atoms with Crippen LogP contribution in [0.15, 0.2) is 88.7 Å². The second-order valence-electron chi connectivity index (χ2n) is 8.25. The minimum absolute atomic E-state index is 0.0254. The molecule has 2 N–H and O–H groups in total. The number of anilines is 1. The van der Waals surface area contributed by atoms with Crippen LogP contribution in [0.3, 0.4) is 0 Å². The van der Waals surface area contributed by atoms with Gasteiger partial charge in [0.2, 0.25) is 0 Å². The molecule has 2 aliphatic rings. The number of hydrogen-bond acceptors (Lipinski definition) is 5. The Morgan fingerprint density at radius 1 is 1.12 bits per heavy atom. The van der Waals surface area contributed by atoms with Crippen molar-refractivity contribution < 1.29 is 14.0 Å². The van der Waals surface area contributed by atoms with Gasteiger partial charge in [0, 0.05) is 51.6 Å². The number of aromatic nitrogens is 1. The number of thiophene rings is 1. The quantitative estimate of drug-likeness (QED) is 0.557. The highest BCUT2D eigenvalue weighted by Crippen LogP contribution is 2.45. The van der Waals surface area contributed by atoms with Crippen LogP contribution in [0.2, 0.25) is 0 Å². The lowest BCUT2D eigenvalue weighted by Gasteiger charge is -2.36. The van der Waals surface area contributed by atoms with E-state index in [2.05, 4.69) is 21.7 Å². The molecule has 0 radical (unpaired) electrons. The van der Waals surface area contributed by atoms with E-state index in [1.54, 1.807) is 17.5 Å². The van der Waals surface area contributed by atoms with Crippen molar-refractivity contribution in [3.63, 3.8) is 0 Å². The Hall–Kier alpha value is -3.58. The van der Waals surface area contributed by atoms with Crippen molar-refractivity contribution in [1.82, 2.24) is 10.3 Å². The molecule has 0 spiro atoms. The van der Waals surface area contributed by atoms with Crippen LogP contribution >= 0.6 is 11.3 Å². The van der Waals surface area contributed by atoms with Crippen molar-refractivity contribution in [2.24, 2.45) is 0 Å². The Morgan fingerprint density at radius 2 is 1.94 bits per heavy atom. The van der Waals surface area contributed by atoms with Crippen molar-refractivity contribution in [3.8, 4) is 0 Å². The Kier molecular flexibility index (Phi) is 5.64. The van der Waals surface area contributed by atoms with Gasteiger partial charge in [0.15, 0.2) is 5.78 Å². The molecule has 2 atom stereocenters. The van der Waals surface area contributed by atoms with Crippen LogP contribution in [0, 0.1) is 5.82 Å². The van der Waals surface area contributed by atoms with Crippen molar-refractivity contribution in [2.75, 3.05) is 5.32 Å². The molecular weight excluding hydrogens is 437 g/mol. The zero-order valence-electron chi connectivity index (χ0n) is 18.0. The van der Waals surface area contributed by atoms with E-state index in [9.17, 15) is 14.0 Å². The summed E-state index contributed by atoms with van der Waals surface area (Å²) in [5.41, 5.74) is 3.72. The van der Waals surface area contributed by atoms with Gasteiger partial charge in [0.05, 0.1) is 11.6 Å². The Balaban J connectivity index is 1.54. The number of nitrogens with zero attached hydrogens (tertiary/aromatic N) is 1. The van der Waals surface area contributed by atoms with E-state index < -0.39 is 5.92 Å². The topological polar surface area (TPSA) is 71.1 Å². The molecule has 1 amide bonds. The van der Waals surface area contributed by atoms with E-state index in [0.717, 1.165) is 5.70 Å². The van der Waals surface area contributed by atoms with Crippen LogP contribution < -0.4 is 10.6 Å². The normalized spacial score (nSPS) is 20.4. The number of amides is 1. The lowest BCUT2D eigenvalue weighted by molar-refractivity contribution is -0.116. The van der Waals surface area contributed by atoms with Gasteiger partial charge in [0.25, 0.3) is 5.91 Å². The molecule has 166 valence electrons. The van der Waals surface area contributed by atoms with E-state index >= 15 is 0 Å². The largest absolute Gasteiger partial charge is 0.362 e. The molecule has 0 unspecified atom stereocenters. The van der Waals surface area contributed by atoms with E-state index in [4.69, 9.17) is 0 Å². The molecule has 0 fully saturated rings. The number of carbonyl (C=O) groups excluding carboxylic acids is 2. The molecule has 3 aromatic rings. The number of halogens is 1. The average molecular weight is 460 g/mol. The first-order valence-electron chi connectivity index (χ1n) is 10.8. The van der Waals surface area contributed by atoms with E-state index in [0.29, 0.717) is 41.1 Å². The lowest BCUT2D eigenvalue weighted by Crippen LogP contribution is -2.37. The van der Waals surface area contributed by atoms with Crippen LogP contribution in [-0.4, -0.2) is 16.7 Å². The molecule has 3 heterocycles. The minimum atomic E-state index is -0.570. The van der Waals surface area contributed by atoms with Gasteiger partial charge in [-0.1, -0.05) is 12.1 Å². The molecular formula is C26H22FN3O2S. The van der Waals surface area contributed by atoms with Crippen molar-refractivity contribution in [2.45, 2.75) is 31.6 Å². The van der Waals surface area contributed by atoms with Crippen LogP contribution in [0.25, 0.3) is 0 Å². The van der Waals surface area contributed by atoms with Gasteiger partial charge < -0.3 is 10.6 Å². The summed E-state index contributed by atoms with van der Waals surface area (Å²) in [4.78, 5) is 32.6. The third-order valence-corrected chi connectivity index (χ3v) is 7.14. The first kappa shape index (κ1) is 21.3. The lowest BCUT2D eigenvalue weighted by atomic mass is 9.73. The minimum Gasteiger partial charge on any atom is -0.362 e. The smallest absolute Gasteiger partial charge is 0.254 e. The number of benzene rings is 1. The summed E-state index contributed by atoms with van der Waals surface area (Å²) >= 11 is 1.66. The number of allylic oxidation sites excluding steroid dienone is 3. The van der Waals surface area contributed by atoms with E-state index in [1.165, 1.54) is 29.1 Å². The van der Waals surface area contributed by atoms with Crippen LogP contribution in [0.4, 0.5) is 10.1 Å². The molecule has 0 saturated carbocycles. The number of carbonyl (C=O) groups is 2. The third kappa shape index (κ3) is 4.12. The Morgan fingerprint density at radius 3 is 2.64 bits per heavy atom. The number of rotatable bonds is 4. The second kappa shape index (κ2) is 8.75. The predicted molar refractivity (Wildman–Crippen MR) is 126 cm³/mol. The molecule has 5 nitrogen and oxygen atoms in total. The van der Waals surface area contributed by atoms with Crippen LogP contribution in [0.1, 0.15) is 42.2 Å². The second-order valence-corrected chi connectivity index (χ2v) is 9.23. The van der Waals surface area contributed by atoms with Gasteiger partial charge in [-0.3, -0.25) is 14.6 Å². The summed E-state index contributed by atoms with van der Waals surface area (Å²) in [6.07, 6.45) is 2.77. The molecule has 1 aliphatic carbocycles. The predicted octanol–water partition coefficient (Wildman–Crippen LogP) is 5.28. The fourth-order valence-electron chi connectivity index (χ4n) is 4.64. The SMILES string of the molecule is CC1=C(C(=O)Nc2ccc(F)cc2)[C@@H](c2ccccn2)C2=C(C[C@H](c3cccs3)CC2=O)N1. The highest BCUT2D eigenvalue weighted by molar-refractivity contribution is 7.10. The van der Waals surface area contributed by atoms with Gasteiger partial charge in [0.1, 0.15) is 5.82 Å². The molecule has 1 aromatic carbocycles. The molecule has 1 aliphatic heterocycles. The first-order valence-corrected chi connectivity index (χ1v) is 11.6. The maximum absolute atomic E-state index is 13.5. The van der Waals surface area contributed by atoms with Gasteiger partial charge in [-0.05, 0) is 61.2 Å². The van der Waals surface area contributed by atoms with Gasteiger partial charge in [-0.25, -0.2) is 4.39 Å². The molecule has 5 rings (SSSR count). The van der Waals surface area contributed by atoms with Gasteiger partial charge >= 0.3 is 0 Å². The summed E-state index contributed by atoms with van der Waals surface area (Å²) in [5.74, 6) is -1.15. The molecule has 7 heteroatoms. The number of ketones is 1. The Labute approximate surface area is 195 Å². The number of nitrogens with one attached hydrogen (secondary N) is 2. The van der Waals surface area contributed by atoms with E-state index in [1.807, 2.05) is 36.6 Å². The summed E-state index contributed by atoms with van der Waals surface area (Å²) in [5, 5.41) is 8.23. The number of hydrogen-bond donors (Lipinski definition) is 2. The van der Waals surface area contributed by atoms with Crippen LogP contribution in [-0.2, 0) is 9.59 Å². The number of pyridine rings is 1. The van der Waals surface area contributed by atoms with E-state index in [-0.39, 0.29) is 23.4 Å². The fourth-order valence-corrected chi connectivity index (χ4v) is 5.47. The first-order chi connectivity index (χ1) is 16.0. The summed E-state index contributed by atoms with van der Waals surface area (Å²) in [6.45, 7) is 1.85. The number of dihydropyridines is 1. The zero-order chi connectivity index (χ0) is 22.9. The van der Waals surface area contributed by atoms with Crippen molar-refractivity contribution >= 4 is 28.7 Å². The summed E-state index contributed by atoms with van der Waals surface area (Å²) in [6, 6.07) is 15.2. The number of Topliss-reactive ketones (excluding diaryl/α,β-unsaturated/α-hetero) is 1. The molecule has 2 aromatic heterocycles. The average Bonchev–Trinajstić information content (AvgIpc) is 3.35. The maximum atomic E-state index is 13.5. The molecule has 0 bridgehead atoms. The van der Waals surface area contributed by atoms with Crippen molar-refractivity contribution in [3.05, 3.63) is 105 Å². The van der Waals surface area contributed by atoms with Crippen LogP contribution in [0.5, 0.6) is 0 Å². The highest BCUT2D eigenvalue weighted by Gasteiger charge is 2.41. The standard InChI is InChI=1S/C26H22FN3O2S/c1-15-23(26(32)30-18-9-7-17(27)8-10-18)25(19-5-2-3-11-28-19)24-20(29-15)13-16(14-21(24)31)22-6-4-12-33-22/h2-12,16,25,29H,13-14H2,1H3,(H,30,32)/t16-,25+/m0/s1. The summed E-state index contributed by atoms with van der Waals surface area (Å²) in [7, 11) is 0. The third-order valence-electron chi connectivity index (χ3n) is 6.10. The molecule has 33 heavy (non-hydrogen) atoms. The highest BCUT2D eigenvalue weighted by atomic mass is 32.1. The fraction of sp³-hybridized carbons (Fsp3) is 0.192. The Bertz CT molecular complexity index is 1260.